The molecule has 16 nitrogen and oxygen atoms in total. The van der Waals surface area contributed by atoms with Gasteiger partial charge < -0.3 is 41.2 Å². The van der Waals surface area contributed by atoms with Gasteiger partial charge in [0.1, 0.15) is 17.9 Å². The number of rotatable bonds is 11. The second-order valence-corrected chi connectivity index (χ2v) is 11.9. The number of hydrogen-bond acceptors (Lipinski definition) is 11. The van der Waals surface area contributed by atoms with Gasteiger partial charge in [-0.1, -0.05) is 11.6 Å². The predicted octanol–water partition coefficient (Wildman–Crippen LogP) is 2.59. The molecule has 0 atom stereocenters. The summed E-state index contributed by atoms with van der Waals surface area (Å²) in [5, 5.41) is 5.57. The average Bonchev–Trinajstić information content (AvgIpc) is 3.32. The van der Waals surface area contributed by atoms with Crippen molar-refractivity contribution in [2.75, 3.05) is 45.8 Å². The molecule has 0 spiro atoms. The minimum Gasteiger partial charge on any atom is -0.497 e. The number of halogens is 4. The molecule has 2 aromatic heterocycles. The maximum absolute atomic E-state index is 13.0. The number of alkyl halides is 3. The van der Waals surface area contributed by atoms with Gasteiger partial charge in [-0.3, -0.25) is 9.59 Å². The minimum atomic E-state index is -4.85. The highest BCUT2D eigenvalue weighted by atomic mass is 35.5. The van der Waals surface area contributed by atoms with E-state index in [4.69, 9.17) is 32.5 Å². The molecule has 0 aliphatic heterocycles. The Morgan fingerprint density at radius 3 is 2.26 bits per heavy atom. The smallest absolute Gasteiger partial charge is 0.490 e. The topological polar surface area (TPSA) is 210 Å². The lowest BCUT2D eigenvalue weighted by Crippen LogP contribution is -2.47. The van der Waals surface area contributed by atoms with Crippen LogP contribution in [0.15, 0.2) is 18.2 Å². The number of benzene rings is 1. The molecule has 3 aromatic rings. The van der Waals surface area contributed by atoms with Crippen molar-refractivity contribution in [3.8, 4) is 5.75 Å². The number of carbonyl (C=O) groups excluding carboxylic acids is 4. The number of aryl methyl sites for hydroxylation is 1. The number of imidazole rings is 1. The van der Waals surface area contributed by atoms with E-state index in [1.54, 1.807) is 41.0 Å². The lowest BCUT2D eigenvalue weighted by atomic mass is 10.2. The average molecular weight is 733 g/mol. The molecule has 0 fully saturated rings. The molecule has 20 heteroatoms. The summed E-state index contributed by atoms with van der Waals surface area (Å²) in [4.78, 5) is 56.9. The van der Waals surface area contributed by atoms with E-state index in [-0.39, 0.29) is 41.5 Å². The van der Waals surface area contributed by atoms with Gasteiger partial charge in [0, 0.05) is 26.2 Å². The Labute approximate surface area is 291 Å². The monoisotopic (exact) mass is 732 g/mol. The zero-order chi connectivity index (χ0) is 38.0. The number of fused-ring (bicyclic) bond motifs is 1. The van der Waals surface area contributed by atoms with Crippen molar-refractivity contribution >= 4 is 58.1 Å². The summed E-state index contributed by atoms with van der Waals surface area (Å²) in [7, 11) is 3.90. The van der Waals surface area contributed by atoms with E-state index in [1.807, 2.05) is 28.2 Å². The minimum absolute atomic E-state index is 0.0153. The first kappa shape index (κ1) is 41.1. The van der Waals surface area contributed by atoms with Crippen LogP contribution >= 0.6 is 11.6 Å². The van der Waals surface area contributed by atoms with Crippen molar-refractivity contribution < 1.29 is 51.1 Å². The summed E-state index contributed by atoms with van der Waals surface area (Å²) >= 11 is 5.95. The van der Waals surface area contributed by atoms with Crippen molar-refractivity contribution in [2.24, 2.45) is 0 Å². The lowest BCUT2D eigenvalue weighted by Gasteiger charge is -2.24. The van der Waals surface area contributed by atoms with Gasteiger partial charge in [0.15, 0.2) is 40.1 Å². The van der Waals surface area contributed by atoms with Crippen LogP contribution in [-0.2, 0) is 38.7 Å². The zero-order valence-corrected chi connectivity index (χ0v) is 29.5. The summed E-state index contributed by atoms with van der Waals surface area (Å²) in [6, 6.07) is 5.53. The first-order valence-electron chi connectivity index (χ1n) is 15.1. The third-order valence-electron chi connectivity index (χ3n) is 6.65. The molecule has 3 rings (SSSR count). The quantitative estimate of drug-likeness (QED) is 0.128. The summed E-state index contributed by atoms with van der Waals surface area (Å²) in [6.07, 6.45) is -4.74. The molecular formula is C30H42ClF3N9O7+. The second kappa shape index (κ2) is 17.5. The molecule has 0 aliphatic rings. The lowest BCUT2D eigenvalue weighted by molar-refractivity contribution is -0.667. The van der Waals surface area contributed by atoms with E-state index in [0.717, 1.165) is 11.0 Å². The number of carbonyl (C=O) groups is 4. The van der Waals surface area contributed by atoms with E-state index < -0.39 is 29.7 Å². The number of aromatic nitrogens is 4. The van der Waals surface area contributed by atoms with Crippen molar-refractivity contribution in [1.29, 1.82) is 0 Å². The van der Waals surface area contributed by atoms with Crippen LogP contribution < -0.4 is 31.4 Å². The third kappa shape index (κ3) is 11.5. The van der Waals surface area contributed by atoms with Crippen LogP contribution in [0, 0.1) is 0 Å². The number of ether oxygens (including phenoxy) is 3. The number of esters is 1. The van der Waals surface area contributed by atoms with Gasteiger partial charge in [-0.2, -0.15) is 13.2 Å². The number of hydrogen-bond donors (Lipinski definition) is 4. The maximum Gasteiger partial charge on any atom is 0.490 e. The standard InChI is InChI=1S/C27H38ClN9O5.C3H3F3O2/c1-7-36-18-13-16(41-6)9-10-17(18)37(15-19(38)31-11-8-12-35(5)26(40)42-27(2,3)4)20(36)14-32-25(39)21-23(29)34-24(30)22(28)33-21;1-8-2(7)3(4,5)6/h9-10,13H,7-8,11-12,14-15H2,1-6H3,(H5-,29,30,31,32,34,38,39);1H3/p+1. The Bertz CT molecular complexity index is 1700. The van der Waals surface area contributed by atoms with Crippen molar-refractivity contribution in [1.82, 2.24) is 30.1 Å². The van der Waals surface area contributed by atoms with Crippen LogP contribution in [0.25, 0.3) is 11.0 Å². The van der Waals surface area contributed by atoms with Crippen LogP contribution in [0.3, 0.4) is 0 Å². The normalized spacial score (nSPS) is 11.3. The Morgan fingerprint density at radius 2 is 1.72 bits per heavy atom. The first-order chi connectivity index (χ1) is 23.2. The molecular weight excluding hydrogens is 691 g/mol. The molecule has 3 amide bonds. The van der Waals surface area contributed by atoms with E-state index in [9.17, 15) is 32.3 Å². The van der Waals surface area contributed by atoms with E-state index in [2.05, 4.69) is 25.3 Å². The van der Waals surface area contributed by atoms with Gasteiger partial charge in [-0.05, 0) is 46.2 Å². The largest absolute Gasteiger partial charge is 0.497 e. The Morgan fingerprint density at radius 1 is 1.06 bits per heavy atom. The van der Waals surface area contributed by atoms with Gasteiger partial charge >= 0.3 is 18.2 Å². The Hall–Kier alpha value is -5.07. The molecule has 2 heterocycles. The van der Waals surface area contributed by atoms with Crippen LogP contribution in [0.1, 0.15) is 50.4 Å². The third-order valence-corrected chi connectivity index (χ3v) is 6.92. The zero-order valence-electron chi connectivity index (χ0n) is 28.7. The summed E-state index contributed by atoms with van der Waals surface area (Å²) in [5.74, 6) is -1.93. The fourth-order valence-electron chi connectivity index (χ4n) is 4.36. The maximum atomic E-state index is 13.0. The van der Waals surface area contributed by atoms with Gasteiger partial charge in [0.05, 0.1) is 20.8 Å². The fourth-order valence-corrected chi connectivity index (χ4v) is 4.49. The summed E-state index contributed by atoms with van der Waals surface area (Å²) < 4.78 is 50.8. The van der Waals surface area contributed by atoms with Gasteiger partial charge in [-0.15, -0.1) is 0 Å². The van der Waals surface area contributed by atoms with E-state index in [1.165, 1.54) is 4.90 Å². The van der Waals surface area contributed by atoms with Gasteiger partial charge in [0.2, 0.25) is 0 Å². The highest BCUT2D eigenvalue weighted by Crippen LogP contribution is 2.22. The fraction of sp³-hybridized carbons (Fsp3) is 0.500. The Balaban J connectivity index is 0.000000963. The second-order valence-electron chi connectivity index (χ2n) is 11.5. The number of nitrogens with one attached hydrogen (secondary N) is 2. The number of nitrogens with two attached hydrogens (primary N) is 2. The van der Waals surface area contributed by atoms with Crippen molar-refractivity contribution in [3.63, 3.8) is 0 Å². The van der Waals surface area contributed by atoms with Crippen LogP contribution in [0.4, 0.5) is 29.6 Å². The highest BCUT2D eigenvalue weighted by molar-refractivity contribution is 6.31. The predicted molar refractivity (Wildman–Crippen MR) is 176 cm³/mol. The van der Waals surface area contributed by atoms with Crippen LogP contribution in [0.2, 0.25) is 5.15 Å². The van der Waals surface area contributed by atoms with Gasteiger partial charge in [-0.25, -0.2) is 28.7 Å². The molecule has 0 bridgehead atoms. The Kier molecular flexibility index (Phi) is 14.4. The number of anilines is 2. The van der Waals surface area contributed by atoms with E-state index >= 15 is 0 Å². The van der Waals surface area contributed by atoms with Crippen LogP contribution in [-0.4, -0.2) is 89.4 Å². The number of amides is 3. The molecule has 276 valence electrons. The molecule has 0 saturated carbocycles. The number of methoxy groups -OCH3 is 2. The van der Waals surface area contributed by atoms with Gasteiger partial charge in [0.25, 0.3) is 17.6 Å². The molecule has 1 aromatic carbocycles. The molecule has 50 heavy (non-hydrogen) atoms. The molecule has 0 unspecified atom stereocenters. The van der Waals surface area contributed by atoms with Crippen molar-refractivity contribution in [2.45, 2.75) is 65.5 Å². The SMILES string of the molecule is CCn1c(CNC(=O)c2nc(Cl)c(N)nc2N)[n+](CC(=O)NCCCN(C)C(=O)OC(C)(C)C)c2ccc(OC)cc21.COC(=O)C(F)(F)F. The molecule has 6 N–H and O–H groups in total. The first-order valence-corrected chi connectivity index (χ1v) is 15.4. The summed E-state index contributed by atoms with van der Waals surface area (Å²) in [5.41, 5.74) is 12.3. The summed E-state index contributed by atoms with van der Waals surface area (Å²) in [6.45, 7) is 8.72. The van der Waals surface area contributed by atoms with Crippen molar-refractivity contribution in [3.05, 3.63) is 34.9 Å². The van der Waals surface area contributed by atoms with Crippen LogP contribution in [0.5, 0.6) is 5.75 Å². The number of nitrogens with zero attached hydrogens (tertiary/aromatic N) is 5. The molecule has 0 radical (unpaired) electrons. The molecule has 0 aliphatic carbocycles. The molecule has 0 saturated heterocycles. The highest BCUT2D eigenvalue weighted by Gasteiger charge is 2.40. The van der Waals surface area contributed by atoms with E-state index in [0.29, 0.717) is 44.7 Å². The number of nitrogen functional groups attached to an aromatic ring is 2.